The molecule has 20 heavy (non-hydrogen) atoms. The predicted molar refractivity (Wildman–Crippen MR) is 81.5 cm³/mol. The van der Waals surface area contributed by atoms with Gasteiger partial charge in [0.05, 0.1) is 6.42 Å². The molecule has 0 aliphatic carbocycles. The number of hydrogen-bond donors (Lipinski definition) is 2. The molecule has 1 fully saturated rings. The van der Waals surface area contributed by atoms with Gasteiger partial charge in [-0.15, -0.1) is 0 Å². The van der Waals surface area contributed by atoms with E-state index in [1.54, 1.807) is 0 Å². The van der Waals surface area contributed by atoms with Gasteiger partial charge in [0.2, 0.25) is 5.91 Å². The summed E-state index contributed by atoms with van der Waals surface area (Å²) in [6, 6.07) is 7.51. The lowest BCUT2D eigenvalue weighted by atomic mass is 10.1. The van der Waals surface area contributed by atoms with E-state index in [9.17, 15) is 4.79 Å². The average molecular weight is 276 g/mol. The molecule has 1 aromatic rings. The second kappa shape index (κ2) is 7.26. The molecule has 0 spiro atoms. The number of nitrogens with two attached hydrogens (primary N) is 1. The molecule has 3 N–H and O–H groups in total. The lowest BCUT2D eigenvalue weighted by molar-refractivity contribution is -0.120. The fraction of sp³-hybridized carbons (Fsp3) is 0.533. The van der Waals surface area contributed by atoms with Crippen molar-refractivity contribution in [2.75, 3.05) is 52.0 Å². The van der Waals surface area contributed by atoms with Gasteiger partial charge < -0.3 is 16.0 Å². The minimum atomic E-state index is 0.0389. The predicted octanol–water partition coefficient (Wildman–Crippen LogP) is 0.175. The zero-order valence-electron chi connectivity index (χ0n) is 12.1. The molecule has 1 aliphatic heterocycles. The van der Waals surface area contributed by atoms with Gasteiger partial charge in [-0.05, 0) is 18.7 Å². The number of nitrogen functional groups attached to an aromatic ring is 1. The van der Waals surface area contributed by atoms with Crippen molar-refractivity contribution in [3.8, 4) is 0 Å². The lowest BCUT2D eigenvalue weighted by Crippen LogP contribution is -2.47. The number of carbonyl (C=O) groups is 1. The van der Waals surface area contributed by atoms with Gasteiger partial charge in [0.15, 0.2) is 0 Å². The van der Waals surface area contributed by atoms with Crippen LogP contribution in [0, 0.1) is 0 Å². The number of piperazine rings is 1. The normalized spacial score (nSPS) is 17.1. The summed E-state index contributed by atoms with van der Waals surface area (Å²) in [6.45, 7) is 6.00. The van der Waals surface area contributed by atoms with Gasteiger partial charge in [-0.25, -0.2) is 0 Å². The molecule has 0 bridgehead atoms. The summed E-state index contributed by atoms with van der Waals surface area (Å²) in [6.07, 6.45) is 0.357. The Kier molecular flexibility index (Phi) is 5.38. The van der Waals surface area contributed by atoms with Crippen LogP contribution in [0.15, 0.2) is 24.3 Å². The Morgan fingerprint density at radius 3 is 2.65 bits per heavy atom. The van der Waals surface area contributed by atoms with Crippen molar-refractivity contribution in [1.29, 1.82) is 0 Å². The average Bonchev–Trinajstić information content (AvgIpc) is 2.44. The number of amides is 1. The monoisotopic (exact) mass is 276 g/mol. The third-order valence-corrected chi connectivity index (χ3v) is 3.75. The molecule has 1 aliphatic rings. The van der Waals surface area contributed by atoms with Crippen LogP contribution in [0.4, 0.5) is 5.69 Å². The number of para-hydroxylation sites is 1. The topological polar surface area (TPSA) is 61.6 Å². The van der Waals surface area contributed by atoms with Gasteiger partial charge in [0, 0.05) is 45.0 Å². The van der Waals surface area contributed by atoms with Crippen molar-refractivity contribution in [2.24, 2.45) is 0 Å². The van der Waals surface area contributed by atoms with Crippen molar-refractivity contribution in [3.63, 3.8) is 0 Å². The van der Waals surface area contributed by atoms with Crippen LogP contribution in [-0.2, 0) is 11.2 Å². The number of nitrogens with one attached hydrogen (secondary N) is 1. The van der Waals surface area contributed by atoms with E-state index in [0.717, 1.165) is 38.3 Å². The maximum absolute atomic E-state index is 11.9. The minimum Gasteiger partial charge on any atom is -0.398 e. The van der Waals surface area contributed by atoms with Crippen LogP contribution in [0.25, 0.3) is 0 Å². The number of likely N-dealkylation sites (N-methyl/N-ethyl adjacent to an activating group) is 1. The fourth-order valence-electron chi connectivity index (χ4n) is 2.36. The van der Waals surface area contributed by atoms with Gasteiger partial charge in [-0.3, -0.25) is 9.69 Å². The Morgan fingerprint density at radius 2 is 1.95 bits per heavy atom. The Hall–Kier alpha value is -1.59. The summed E-state index contributed by atoms with van der Waals surface area (Å²) < 4.78 is 0. The van der Waals surface area contributed by atoms with Gasteiger partial charge in [0.25, 0.3) is 0 Å². The smallest absolute Gasteiger partial charge is 0.224 e. The molecule has 1 heterocycles. The van der Waals surface area contributed by atoms with Gasteiger partial charge >= 0.3 is 0 Å². The van der Waals surface area contributed by atoms with Crippen molar-refractivity contribution < 1.29 is 4.79 Å². The van der Waals surface area contributed by atoms with Crippen LogP contribution in [-0.4, -0.2) is 62.0 Å². The molecule has 5 heteroatoms. The van der Waals surface area contributed by atoms with E-state index in [1.165, 1.54) is 0 Å². The summed E-state index contributed by atoms with van der Waals surface area (Å²) in [5.74, 6) is 0.0389. The van der Waals surface area contributed by atoms with Gasteiger partial charge in [0.1, 0.15) is 0 Å². The Labute approximate surface area is 120 Å². The number of benzene rings is 1. The Balaban J connectivity index is 1.67. The highest BCUT2D eigenvalue weighted by molar-refractivity contribution is 5.80. The summed E-state index contributed by atoms with van der Waals surface area (Å²) >= 11 is 0. The van der Waals surface area contributed by atoms with Gasteiger partial charge in [-0.2, -0.15) is 0 Å². The third-order valence-electron chi connectivity index (χ3n) is 3.75. The van der Waals surface area contributed by atoms with Crippen molar-refractivity contribution in [2.45, 2.75) is 6.42 Å². The molecule has 0 radical (unpaired) electrons. The molecule has 0 atom stereocenters. The van der Waals surface area contributed by atoms with Crippen molar-refractivity contribution in [3.05, 3.63) is 29.8 Å². The summed E-state index contributed by atoms with van der Waals surface area (Å²) in [7, 11) is 2.14. The molecule has 2 rings (SSSR count). The van der Waals surface area contributed by atoms with E-state index >= 15 is 0 Å². The molecular formula is C15H24N4O. The van der Waals surface area contributed by atoms with E-state index in [0.29, 0.717) is 18.7 Å². The standard InChI is InChI=1S/C15H24N4O/c1-18-8-10-19(11-9-18)7-6-17-15(20)12-13-4-2-3-5-14(13)16/h2-5H,6-12,16H2,1H3,(H,17,20). The molecule has 5 nitrogen and oxygen atoms in total. The first-order valence-electron chi connectivity index (χ1n) is 7.16. The molecule has 0 aromatic heterocycles. The highest BCUT2D eigenvalue weighted by Crippen LogP contribution is 2.10. The number of hydrogen-bond acceptors (Lipinski definition) is 4. The molecule has 1 amide bonds. The van der Waals surface area contributed by atoms with Crippen LogP contribution < -0.4 is 11.1 Å². The van der Waals surface area contributed by atoms with Gasteiger partial charge in [-0.1, -0.05) is 18.2 Å². The molecule has 1 aromatic carbocycles. The van der Waals surface area contributed by atoms with Crippen LogP contribution in [0.1, 0.15) is 5.56 Å². The van der Waals surface area contributed by atoms with E-state index in [4.69, 9.17) is 5.73 Å². The van der Waals surface area contributed by atoms with Crippen LogP contribution >= 0.6 is 0 Å². The SMILES string of the molecule is CN1CCN(CCNC(=O)Cc2ccccc2N)CC1. The lowest BCUT2D eigenvalue weighted by Gasteiger charge is -2.32. The van der Waals surface area contributed by atoms with Crippen LogP contribution in [0.5, 0.6) is 0 Å². The van der Waals surface area contributed by atoms with E-state index in [-0.39, 0.29) is 5.91 Å². The Bertz CT molecular complexity index is 441. The highest BCUT2D eigenvalue weighted by Gasteiger charge is 2.13. The molecule has 0 unspecified atom stereocenters. The maximum Gasteiger partial charge on any atom is 0.224 e. The third kappa shape index (κ3) is 4.51. The second-order valence-electron chi connectivity index (χ2n) is 5.37. The number of nitrogens with zero attached hydrogens (tertiary/aromatic N) is 2. The largest absolute Gasteiger partial charge is 0.398 e. The Morgan fingerprint density at radius 1 is 1.25 bits per heavy atom. The molecule has 1 saturated heterocycles. The maximum atomic E-state index is 11.9. The minimum absolute atomic E-state index is 0.0389. The first-order chi connectivity index (χ1) is 9.65. The molecule has 0 saturated carbocycles. The summed E-state index contributed by atoms with van der Waals surface area (Å²) in [5.41, 5.74) is 7.41. The fourth-order valence-corrected chi connectivity index (χ4v) is 2.36. The highest BCUT2D eigenvalue weighted by atomic mass is 16.1. The zero-order chi connectivity index (χ0) is 14.4. The number of anilines is 1. The first kappa shape index (κ1) is 14.8. The first-order valence-corrected chi connectivity index (χ1v) is 7.16. The zero-order valence-corrected chi connectivity index (χ0v) is 12.1. The second-order valence-corrected chi connectivity index (χ2v) is 5.37. The summed E-state index contributed by atoms with van der Waals surface area (Å²) in [5, 5.41) is 2.97. The quantitative estimate of drug-likeness (QED) is 0.753. The van der Waals surface area contributed by atoms with E-state index < -0.39 is 0 Å². The van der Waals surface area contributed by atoms with E-state index in [2.05, 4.69) is 22.2 Å². The number of carbonyl (C=O) groups excluding carboxylic acids is 1. The summed E-state index contributed by atoms with van der Waals surface area (Å²) in [4.78, 5) is 16.6. The molecular weight excluding hydrogens is 252 g/mol. The van der Waals surface area contributed by atoms with Crippen LogP contribution in [0.3, 0.4) is 0 Å². The van der Waals surface area contributed by atoms with Crippen molar-refractivity contribution in [1.82, 2.24) is 15.1 Å². The van der Waals surface area contributed by atoms with E-state index in [1.807, 2.05) is 24.3 Å². The van der Waals surface area contributed by atoms with Crippen molar-refractivity contribution >= 4 is 11.6 Å². The molecule has 110 valence electrons. The number of rotatable bonds is 5. The van der Waals surface area contributed by atoms with Crippen LogP contribution in [0.2, 0.25) is 0 Å².